The number of guanidine groups is 1. The highest BCUT2D eigenvalue weighted by atomic mass is 33.1. The summed E-state index contributed by atoms with van der Waals surface area (Å²) in [5.74, 6) is -2.64. The highest BCUT2D eigenvalue weighted by Crippen LogP contribution is 2.29. The third-order valence-corrected chi connectivity index (χ3v) is 4.24. The summed E-state index contributed by atoms with van der Waals surface area (Å²) in [6.07, 6.45) is 0. The lowest BCUT2D eigenvalue weighted by atomic mass is 10.3. The van der Waals surface area contributed by atoms with Crippen LogP contribution in [-0.4, -0.2) is 51.3 Å². The molecule has 104 valence electrons. The maximum absolute atomic E-state index is 10.7. The van der Waals surface area contributed by atoms with Crippen molar-refractivity contribution in [1.82, 2.24) is 0 Å². The molecule has 10 N–H and O–H groups in total. The molecule has 0 radical (unpaired) electrons. The van der Waals surface area contributed by atoms with Crippen molar-refractivity contribution in [2.45, 2.75) is 17.5 Å². The fraction of sp³-hybridized carbons (Fsp3) is 0.571. The maximum Gasteiger partial charge on any atom is 0.323 e. The molecule has 9 nitrogen and oxygen atoms in total. The van der Waals surface area contributed by atoms with Gasteiger partial charge in [-0.1, -0.05) is 21.6 Å². The Morgan fingerprint density at radius 2 is 1.72 bits per heavy atom. The van der Waals surface area contributed by atoms with Crippen LogP contribution in [0.2, 0.25) is 0 Å². The van der Waals surface area contributed by atoms with E-state index in [-0.39, 0.29) is 11.7 Å². The first-order valence-corrected chi connectivity index (χ1v) is 6.97. The smallest absolute Gasteiger partial charge is 0.323 e. The Bertz CT molecular complexity index is 336. The predicted octanol–water partition coefficient (Wildman–Crippen LogP) is -2.21. The van der Waals surface area contributed by atoms with Gasteiger partial charge in [-0.15, -0.1) is 0 Å². The largest absolute Gasteiger partial charge is 0.480 e. The number of hydrogen-bond donors (Lipinski definition) is 6. The molecule has 11 heteroatoms. The highest BCUT2D eigenvalue weighted by Gasteiger charge is 2.25. The van der Waals surface area contributed by atoms with Crippen molar-refractivity contribution in [3.63, 3.8) is 0 Å². The van der Waals surface area contributed by atoms with Crippen LogP contribution in [-0.2, 0) is 9.59 Å². The zero-order valence-electron chi connectivity index (χ0n) is 9.22. The topological polar surface area (TPSA) is 191 Å². The number of aliphatic imine (C=N–C) groups is 1. The molecule has 0 aromatic heterocycles. The van der Waals surface area contributed by atoms with Gasteiger partial charge in [0.2, 0.25) is 0 Å². The molecule has 1 unspecified atom stereocenters. The van der Waals surface area contributed by atoms with E-state index in [9.17, 15) is 9.59 Å². The Kier molecular flexibility index (Phi) is 7.50. The summed E-state index contributed by atoms with van der Waals surface area (Å²) < 4.78 is 0. The highest BCUT2D eigenvalue weighted by molar-refractivity contribution is 8.77. The summed E-state index contributed by atoms with van der Waals surface area (Å²) >= 11 is 0. The van der Waals surface area contributed by atoms with Gasteiger partial charge in [-0.25, -0.2) is 4.99 Å². The minimum atomic E-state index is -1.30. The molecule has 0 rings (SSSR count). The fourth-order valence-electron chi connectivity index (χ4n) is 0.684. The fourth-order valence-corrected chi connectivity index (χ4v) is 3.17. The Morgan fingerprint density at radius 3 is 2.11 bits per heavy atom. The van der Waals surface area contributed by atoms with Gasteiger partial charge in [0, 0.05) is 5.75 Å². The molecule has 0 aromatic rings. The first kappa shape index (κ1) is 16.8. The zero-order chi connectivity index (χ0) is 14.3. The second kappa shape index (κ2) is 8.02. The second-order valence-electron chi connectivity index (χ2n) is 3.13. The number of carbonyl (C=O) groups is 2. The monoisotopic (exact) mass is 297 g/mol. The molecule has 0 bridgehead atoms. The molecule has 0 heterocycles. The molecule has 0 saturated heterocycles. The van der Waals surface area contributed by atoms with E-state index in [4.69, 9.17) is 33.1 Å². The molecule has 0 fully saturated rings. The Labute approximate surface area is 111 Å². The SMILES string of the molecule is NC(N)=NC(SSC[C@H](N)C(=O)O)[C@H](N)C(=O)O. The summed E-state index contributed by atoms with van der Waals surface area (Å²) in [7, 11) is 1.99. The van der Waals surface area contributed by atoms with Crippen molar-refractivity contribution < 1.29 is 19.8 Å². The number of aliphatic carboxylic acids is 2. The molecule has 18 heavy (non-hydrogen) atoms. The molecule has 3 atom stereocenters. The van der Waals surface area contributed by atoms with E-state index >= 15 is 0 Å². The van der Waals surface area contributed by atoms with Crippen LogP contribution in [0.25, 0.3) is 0 Å². The van der Waals surface area contributed by atoms with Crippen LogP contribution in [0.5, 0.6) is 0 Å². The first-order chi connectivity index (χ1) is 8.25. The quantitative estimate of drug-likeness (QED) is 0.162. The third-order valence-electron chi connectivity index (χ3n) is 1.60. The molecule has 0 aromatic carbocycles. The van der Waals surface area contributed by atoms with E-state index < -0.39 is 29.4 Å². The van der Waals surface area contributed by atoms with Crippen molar-refractivity contribution in [3.8, 4) is 0 Å². The number of nitrogens with two attached hydrogens (primary N) is 4. The summed E-state index contributed by atoms with van der Waals surface area (Å²) in [6.45, 7) is 0. The van der Waals surface area contributed by atoms with Crippen LogP contribution in [0, 0.1) is 0 Å². The van der Waals surface area contributed by atoms with Gasteiger partial charge in [0.1, 0.15) is 17.5 Å². The van der Waals surface area contributed by atoms with Crippen molar-refractivity contribution in [3.05, 3.63) is 0 Å². The Morgan fingerprint density at radius 1 is 1.17 bits per heavy atom. The number of rotatable bonds is 8. The summed E-state index contributed by atoms with van der Waals surface area (Å²) in [4.78, 5) is 24.8. The number of carboxylic acid groups (broad SMARTS) is 2. The Hall–Kier alpha value is -1.17. The predicted molar refractivity (Wildman–Crippen MR) is 70.9 cm³/mol. The van der Waals surface area contributed by atoms with Crippen LogP contribution in [0.1, 0.15) is 0 Å². The lowest BCUT2D eigenvalue weighted by Gasteiger charge is -2.16. The standard InChI is InChI=1S/C7H15N5O4S2/c8-2(5(13)14)1-17-18-4(12-7(10)11)3(9)6(15)16/h2-4H,1,8-9H2,(H,13,14)(H,15,16)(H4,10,11,12)/t2-,3-,4?/m0/s1. The van der Waals surface area contributed by atoms with Crippen molar-refractivity contribution in [2.75, 3.05) is 5.75 Å². The van der Waals surface area contributed by atoms with Crippen LogP contribution < -0.4 is 22.9 Å². The van der Waals surface area contributed by atoms with Crippen LogP contribution in [0.3, 0.4) is 0 Å². The number of hydrogen-bond acceptors (Lipinski definition) is 7. The first-order valence-electron chi connectivity index (χ1n) is 4.59. The molecule has 0 aliphatic heterocycles. The zero-order valence-corrected chi connectivity index (χ0v) is 10.9. The molecule has 0 aliphatic rings. The molecule has 0 amide bonds. The maximum atomic E-state index is 10.7. The Balaban J connectivity index is 4.39. The van der Waals surface area contributed by atoms with Gasteiger partial charge in [0.15, 0.2) is 5.96 Å². The molecule has 0 aliphatic carbocycles. The number of nitrogens with zero attached hydrogens (tertiary/aromatic N) is 1. The van der Waals surface area contributed by atoms with Crippen LogP contribution in [0.15, 0.2) is 4.99 Å². The van der Waals surface area contributed by atoms with E-state index in [2.05, 4.69) is 4.99 Å². The summed E-state index contributed by atoms with van der Waals surface area (Å²) in [5, 5.41) is 16.4. The van der Waals surface area contributed by atoms with Gasteiger partial charge in [-0.05, 0) is 0 Å². The van der Waals surface area contributed by atoms with Gasteiger partial charge in [0.25, 0.3) is 0 Å². The minimum Gasteiger partial charge on any atom is -0.480 e. The van der Waals surface area contributed by atoms with Gasteiger partial charge in [-0.2, -0.15) is 0 Å². The van der Waals surface area contributed by atoms with E-state index in [0.29, 0.717) is 0 Å². The average molecular weight is 297 g/mol. The van der Waals surface area contributed by atoms with Gasteiger partial charge >= 0.3 is 11.9 Å². The third kappa shape index (κ3) is 6.54. The molecule has 0 saturated carbocycles. The summed E-state index contributed by atoms with van der Waals surface area (Å²) in [6, 6.07) is -2.35. The average Bonchev–Trinajstić information content (AvgIpc) is 2.25. The minimum absolute atomic E-state index is 0.0723. The van der Waals surface area contributed by atoms with Gasteiger partial charge < -0.3 is 33.1 Å². The second-order valence-corrected chi connectivity index (χ2v) is 5.66. The van der Waals surface area contributed by atoms with E-state index in [1.807, 2.05) is 0 Å². The lowest BCUT2D eigenvalue weighted by Crippen LogP contribution is -2.41. The van der Waals surface area contributed by atoms with E-state index in [1.165, 1.54) is 0 Å². The van der Waals surface area contributed by atoms with Crippen molar-refractivity contribution >= 4 is 39.5 Å². The normalized spacial score (nSPS) is 15.4. The van der Waals surface area contributed by atoms with E-state index in [0.717, 1.165) is 21.6 Å². The van der Waals surface area contributed by atoms with Crippen LogP contribution in [0.4, 0.5) is 0 Å². The molecular formula is C7H15N5O4S2. The van der Waals surface area contributed by atoms with Crippen molar-refractivity contribution in [2.24, 2.45) is 27.9 Å². The van der Waals surface area contributed by atoms with Crippen LogP contribution >= 0.6 is 21.6 Å². The molecule has 0 spiro atoms. The molecular weight excluding hydrogens is 282 g/mol. The van der Waals surface area contributed by atoms with Crippen molar-refractivity contribution in [1.29, 1.82) is 0 Å². The number of carboxylic acids is 2. The van der Waals surface area contributed by atoms with E-state index in [1.54, 1.807) is 0 Å². The summed E-state index contributed by atoms with van der Waals surface area (Å²) in [5.41, 5.74) is 21.0. The lowest BCUT2D eigenvalue weighted by molar-refractivity contribution is -0.139. The van der Waals surface area contributed by atoms with Gasteiger partial charge in [0.05, 0.1) is 0 Å². The van der Waals surface area contributed by atoms with Gasteiger partial charge in [-0.3, -0.25) is 9.59 Å².